The monoisotopic (exact) mass is 406 g/mol. The highest BCUT2D eigenvalue weighted by atomic mass is 79.9. The van der Waals surface area contributed by atoms with Crippen molar-refractivity contribution in [1.82, 2.24) is 9.97 Å². The van der Waals surface area contributed by atoms with E-state index in [1.165, 1.54) is 0 Å². The smallest absolute Gasteiger partial charge is 0.134 e. The third-order valence-electron chi connectivity index (χ3n) is 4.28. The Bertz CT molecular complexity index is 668. The molecule has 2 N–H and O–H groups in total. The summed E-state index contributed by atoms with van der Waals surface area (Å²) in [6, 6.07) is 9.85. The molecule has 7 heteroatoms. The van der Waals surface area contributed by atoms with Gasteiger partial charge in [-0.1, -0.05) is 15.9 Å². The van der Waals surface area contributed by atoms with Crippen LogP contribution in [0.1, 0.15) is 19.3 Å². The molecule has 0 bridgehead atoms. The van der Waals surface area contributed by atoms with Crippen LogP contribution in [0.2, 0.25) is 0 Å². The second-order valence-electron chi connectivity index (χ2n) is 6.02. The van der Waals surface area contributed by atoms with Gasteiger partial charge in [0, 0.05) is 17.1 Å². The first-order valence-corrected chi connectivity index (χ1v) is 9.37. The van der Waals surface area contributed by atoms with Gasteiger partial charge in [-0.2, -0.15) is 0 Å². The number of nitrogens with one attached hydrogen (secondary N) is 1. The minimum Gasteiger partial charge on any atom is -0.492 e. The predicted octanol–water partition coefficient (Wildman–Crippen LogP) is 3.08. The summed E-state index contributed by atoms with van der Waals surface area (Å²) in [7, 11) is 0. The molecule has 2 heterocycles. The number of ether oxygens (including phenoxy) is 1. The van der Waals surface area contributed by atoms with Gasteiger partial charge in [0.25, 0.3) is 0 Å². The molecule has 1 aromatic carbocycles. The Labute approximate surface area is 156 Å². The van der Waals surface area contributed by atoms with E-state index in [0.29, 0.717) is 13.2 Å². The maximum absolute atomic E-state index is 9.57. The van der Waals surface area contributed by atoms with E-state index in [4.69, 9.17) is 4.74 Å². The lowest BCUT2D eigenvalue weighted by Gasteiger charge is -2.35. The summed E-state index contributed by atoms with van der Waals surface area (Å²) in [5, 5.41) is 12.8. The van der Waals surface area contributed by atoms with E-state index < -0.39 is 0 Å². The van der Waals surface area contributed by atoms with Crippen LogP contribution in [0.4, 0.5) is 11.6 Å². The first-order valence-electron chi connectivity index (χ1n) is 8.58. The second kappa shape index (κ2) is 9.01. The molecule has 1 aliphatic rings. The number of nitrogens with zero attached hydrogens (tertiary/aromatic N) is 3. The number of benzene rings is 1. The highest BCUT2D eigenvalue weighted by molar-refractivity contribution is 9.10. The van der Waals surface area contributed by atoms with E-state index in [9.17, 15) is 5.11 Å². The maximum atomic E-state index is 9.57. The molecule has 1 atom stereocenters. The fourth-order valence-corrected chi connectivity index (χ4v) is 3.24. The Hall–Kier alpha value is -1.86. The van der Waals surface area contributed by atoms with E-state index >= 15 is 0 Å². The van der Waals surface area contributed by atoms with Crippen LogP contribution in [0.3, 0.4) is 0 Å². The number of aliphatic hydroxyl groups is 1. The van der Waals surface area contributed by atoms with Crippen LogP contribution in [0, 0.1) is 0 Å². The van der Waals surface area contributed by atoms with Crippen LogP contribution in [0.15, 0.2) is 41.1 Å². The first-order chi connectivity index (χ1) is 12.3. The van der Waals surface area contributed by atoms with Crippen LogP contribution < -0.4 is 15.0 Å². The summed E-state index contributed by atoms with van der Waals surface area (Å²) in [6.07, 6.45) is 4.86. The topological polar surface area (TPSA) is 70.5 Å². The summed E-state index contributed by atoms with van der Waals surface area (Å²) < 4.78 is 6.73. The Morgan fingerprint density at radius 1 is 1.24 bits per heavy atom. The molecule has 6 nitrogen and oxygen atoms in total. The number of aliphatic hydroxyl groups excluding tert-OH is 1. The van der Waals surface area contributed by atoms with Gasteiger partial charge in [0.1, 0.15) is 30.3 Å². The molecule has 3 rings (SSSR count). The van der Waals surface area contributed by atoms with E-state index in [-0.39, 0.29) is 12.6 Å². The van der Waals surface area contributed by atoms with Crippen molar-refractivity contribution in [3.8, 4) is 5.75 Å². The van der Waals surface area contributed by atoms with Crippen molar-refractivity contribution in [3.05, 3.63) is 41.1 Å². The lowest BCUT2D eigenvalue weighted by atomic mass is 10.0. The van der Waals surface area contributed by atoms with Crippen molar-refractivity contribution in [1.29, 1.82) is 0 Å². The fraction of sp³-hybridized carbons (Fsp3) is 0.444. The van der Waals surface area contributed by atoms with Gasteiger partial charge in [-0.3, -0.25) is 0 Å². The van der Waals surface area contributed by atoms with Gasteiger partial charge < -0.3 is 20.1 Å². The minimum absolute atomic E-state index is 0.150. The van der Waals surface area contributed by atoms with Crippen LogP contribution in [0.25, 0.3) is 0 Å². The van der Waals surface area contributed by atoms with E-state index in [1.54, 1.807) is 6.33 Å². The Kier molecular flexibility index (Phi) is 6.47. The van der Waals surface area contributed by atoms with Crippen molar-refractivity contribution in [2.45, 2.75) is 25.3 Å². The van der Waals surface area contributed by atoms with Gasteiger partial charge in [-0.05, 0) is 43.5 Å². The van der Waals surface area contributed by atoms with E-state index in [1.807, 2.05) is 30.3 Å². The molecule has 1 aromatic heterocycles. The van der Waals surface area contributed by atoms with E-state index in [2.05, 4.69) is 36.1 Å². The molecule has 0 aliphatic carbocycles. The van der Waals surface area contributed by atoms with Crippen LogP contribution in [-0.4, -0.2) is 47.4 Å². The van der Waals surface area contributed by atoms with Gasteiger partial charge in [0.15, 0.2) is 0 Å². The summed E-state index contributed by atoms with van der Waals surface area (Å²) in [4.78, 5) is 10.8. The maximum Gasteiger partial charge on any atom is 0.134 e. The van der Waals surface area contributed by atoms with Gasteiger partial charge in [0.05, 0.1) is 19.2 Å². The van der Waals surface area contributed by atoms with Crippen molar-refractivity contribution in [2.24, 2.45) is 0 Å². The van der Waals surface area contributed by atoms with Crippen molar-refractivity contribution in [3.63, 3.8) is 0 Å². The number of rotatable bonds is 7. The molecule has 1 saturated heterocycles. The van der Waals surface area contributed by atoms with Gasteiger partial charge >= 0.3 is 0 Å². The van der Waals surface area contributed by atoms with E-state index in [0.717, 1.165) is 47.7 Å². The molecular formula is C18H23BrN4O2. The predicted molar refractivity (Wildman–Crippen MR) is 102 cm³/mol. The molecule has 2 aromatic rings. The lowest BCUT2D eigenvalue weighted by molar-refractivity contribution is 0.239. The van der Waals surface area contributed by atoms with Crippen LogP contribution >= 0.6 is 15.9 Å². The van der Waals surface area contributed by atoms with Gasteiger partial charge in [-0.15, -0.1) is 0 Å². The Morgan fingerprint density at radius 2 is 2.08 bits per heavy atom. The Morgan fingerprint density at radius 3 is 2.88 bits per heavy atom. The molecular weight excluding hydrogens is 384 g/mol. The molecule has 134 valence electrons. The zero-order valence-corrected chi connectivity index (χ0v) is 15.7. The minimum atomic E-state index is 0.150. The Balaban J connectivity index is 1.52. The third kappa shape index (κ3) is 5.06. The van der Waals surface area contributed by atoms with Crippen molar-refractivity contribution < 1.29 is 9.84 Å². The summed E-state index contributed by atoms with van der Waals surface area (Å²) in [5.41, 5.74) is 0. The molecule has 1 fully saturated rings. The fourth-order valence-electron chi connectivity index (χ4n) is 2.97. The molecule has 25 heavy (non-hydrogen) atoms. The number of aromatic nitrogens is 2. The molecule has 0 spiro atoms. The average Bonchev–Trinajstić information content (AvgIpc) is 2.67. The summed E-state index contributed by atoms with van der Waals surface area (Å²) in [5.74, 6) is 2.48. The van der Waals surface area contributed by atoms with Gasteiger partial charge in [-0.25, -0.2) is 9.97 Å². The summed E-state index contributed by atoms with van der Waals surface area (Å²) >= 11 is 3.40. The summed E-state index contributed by atoms with van der Waals surface area (Å²) in [6.45, 7) is 2.28. The average molecular weight is 407 g/mol. The first kappa shape index (κ1) is 17.9. The zero-order valence-electron chi connectivity index (χ0n) is 14.1. The third-order valence-corrected chi connectivity index (χ3v) is 4.80. The largest absolute Gasteiger partial charge is 0.492 e. The van der Waals surface area contributed by atoms with Crippen LogP contribution in [-0.2, 0) is 0 Å². The van der Waals surface area contributed by atoms with Crippen molar-refractivity contribution >= 4 is 27.6 Å². The normalized spacial score (nSPS) is 17.4. The zero-order chi connectivity index (χ0) is 17.5. The lowest BCUT2D eigenvalue weighted by Crippen LogP contribution is -2.42. The van der Waals surface area contributed by atoms with Crippen molar-refractivity contribution in [2.75, 3.05) is 36.5 Å². The highest BCUT2D eigenvalue weighted by Crippen LogP contribution is 2.24. The number of piperidine rings is 1. The SMILES string of the molecule is OCC1CCCCN1c1cc(NCCOc2ccc(Br)cc2)ncn1. The highest BCUT2D eigenvalue weighted by Gasteiger charge is 2.23. The second-order valence-corrected chi connectivity index (χ2v) is 6.93. The molecule has 0 radical (unpaired) electrons. The number of hydrogen-bond donors (Lipinski definition) is 2. The number of hydrogen-bond acceptors (Lipinski definition) is 6. The number of halogens is 1. The van der Waals surface area contributed by atoms with Gasteiger partial charge in [0.2, 0.25) is 0 Å². The molecule has 1 aliphatic heterocycles. The standard InChI is InChI=1S/C18H23BrN4O2/c19-14-4-6-16(7-5-14)25-10-8-20-17-11-18(22-13-21-17)23-9-2-1-3-15(23)12-24/h4-7,11,13,15,24H,1-3,8-10,12H2,(H,20,21,22). The number of anilines is 2. The molecule has 0 amide bonds. The molecule has 0 saturated carbocycles. The van der Waals surface area contributed by atoms with Crippen LogP contribution in [0.5, 0.6) is 5.75 Å². The quantitative estimate of drug-likeness (QED) is 0.688. The molecule has 1 unspecified atom stereocenters.